The molecule has 33 heavy (non-hydrogen) atoms. The standard InChI is InChI=1S/C24H23F2N5O2/c1-3-5-19(15-6-8-16(25)9-7-15)29-22-18(24(32)33-4-2)12-28-23(30-22)20-13-27-21-11-10-17(26)14-31(20)21/h6-14,19H,3-5H2,1-2H3,(H,28,29,30)/t19-/m0/s1. The molecule has 0 unspecified atom stereocenters. The van der Waals surface area contributed by atoms with E-state index in [0.29, 0.717) is 17.8 Å². The van der Waals surface area contributed by atoms with Crippen LogP contribution in [-0.4, -0.2) is 31.9 Å². The van der Waals surface area contributed by atoms with Gasteiger partial charge < -0.3 is 10.1 Å². The largest absolute Gasteiger partial charge is 0.462 e. The summed E-state index contributed by atoms with van der Waals surface area (Å²) >= 11 is 0. The molecule has 1 aromatic carbocycles. The monoisotopic (exact) mass is 451 g/mol. The first-order valence-electron chi connectivity index (χ1n) is 10.7. The zero-order valence-corrected chi connectivity index (χ0v) is 18.3. The van der Waals surface area contributed by atoms with E-state index < -0.39 is 11.8 Å². The summed E-state index contributed by atoms with van der Waals surface area (Å²) in [4.78, 5) is 25.8. The molecule has 7 nitrogen and oxygen atoms in total. The van der Waals surface area contributed by atoms with E-state index in [4.69, 9.17) is 4.74 Å². The lowest BCUT2D eigenvalue weighted by molar-refractivity contribution is 0.0526. The first kappa shape index (κ1) is 22.3. The first-order chi connectivity index (χ1) is 16.0. The number of carbonyl (C=O) groups excluding carboxylic acids is 1. The summed E-state index contributed by atoms with van der Waals surface area (Å²) in [6.45, 7) is 3.94. The second-order valence-electron chi connectivity index (χ2n) is 7.43. The summed E-state index contributed by atoms with van der Waals surface area (Å²) in [6.07, 6.45) is 5.78. The Bertz CT molecular complexity index is 1270. The topological polar surface area (TPSA) is 81.4 Å². The van der Waals surface area contributed by atoms with Crippen LogP contribution in [-0.2, 0) is 4.74 Å². The van der Waals surface area contributed by atoms with Crippen LogP contribution in [0, 0.1) is 11.6 Å². The predicted octanol–water partition coefficient (Wildman–Crippen LogP) is 5.20. The van der Waals surface area contributed by atoms with Crippen LogP contribution in [0.25, 0.3) is 17.2 Å². The molecule has 170 valence electrons. The molecule has 0 radical (unpaired) electrons. The smallest absolute Gasteiger partial charge is 0.343 e. The maximum Gasteiger partial charge on any atom is 0.343 e. The summed E-state index contributed by atoms with van der Waals surface area (Å²) in [7, 11) is 0. The van der Waals surface area contributed by atoms with Crippen LogP contribution in [0.2, 0.25) is 0 Å². The lowest BCUT2D eigenvalue weighted by atomic mass is 10.0. The van der Waals surface area contributed by atoms with Gasteiger partial charge in [0.1, 0.15) is 34.4 Å². The van der Waals surface area contributed by atoms with Crippen LogP contribution >= 0.6 is 0 Å². The average Bonchev–Trinajstić information content (AvgIpc) is 3.22. The Hall–Kier alpha value is -3.88. The fourth-order valence-corrected chi connectivity index (χ4v) is 3.56. The molecule has 0 bridgehead atoms. The van der Waals surface area contributed by atoms with E-state index in [0.717, 1.165) is 12.0 Å². The number of halogens is 2. The number of hydrogen-bond donors (Lipinski definition) is 1. The van der Waals surface area contributed by atoms with Crippen LogP contribution in [0.4, 0.5) is 14.6 Å². The number of ether oxygens (including phenoxy) is 1. The van der Waals surface area contributed by atoms with Crippen molar-refractivity contribution in [1.82, 2.24) is 19.4 Å². The van der Waals surface area contributed by atoms with Crippen molar-refractivity contribution < 1.29 is 18.3 Å². The van der Waals surface area contributed by atoms with Gasteiger partial charge in [-0.05, 0) is 43.2 Å². The highest BCUT2D eigenvalue weighted by atomic mass is 19.1. The van der Waals surface area contributed by atoms with Gasteiger partial charge in [0.2, 0.25) is 0 Å². The van der Waals surface area contributed by atoms with Gasteiger partial charge in [-0.15, -0.1) is 0 Å². The number of hydrogen-bond acceptors (Lipinski definition) is 6. The van der Waals surface area contributed by atoms with Gasteiger partial charge in [-0.1, -0.05) is 25.5 Å². The van der Waals surface area contributed by atoms with E-state index >= 15 is 0 Å². The minimum Gasteiger partial charge on any atom is -0.462 e. The van der Waals surface area contributed by atoms with Crippen molar-refractivity contribution in [3.8, 4) is 11.5 Å². The lowest BCUT2D eigenvalue weighted by Crippen LogP contribution is -2.17. The summed E-state index contributed by atoms with van der Waals surface area (Å²) in [5.41, 5.74) is 2.03. The number of rotatable bonds is 8. The van der Waals surface area contributed by atoms with Crippen molar-refractivity contribution in [2.45, 2.75) is 32.7 Å². The van der Waals surface area contributed by atoms with Crippen molar-refractivity contribution >= 4 is 17.4 Å². The van der Waals surface area contributed by atoms with Crippen molar-refractivity contribution in [2.75, 3.05) is 11.9 Å². The Morgan fingerprint density at radius 1 is 1.06 bits per heavy atom. The summed E-state index contributed by atoms with van der Waals surface area (Å²) in [5.74, 6) is -0.788. The summed E-state index contributed by atoms with van der Waals surface area (Å²) in [6, 6.07) is 8.82. The van der Waals surface area contributed by atoms with Crippen LogP contribution in [0.1, 0.15) is 48.7 Å². The number of benzene rings is 1. The number of pyridine rings is 1. The molecule has 0 amide bonds. The van der Waals surface area contributed by atoms with Crippen molar-refractivity contribution in [3.63, 3.8) is 0 Å². The second kappa shape index (κ2) is 9.72. The molecule has 0 aliphatic rings. The van der Waals surface area contributed by atoms with Gasteiger partial charge in [-0.3, -0.25) is 4.40 Å². The van der Waals surface area contributed by atoms with Gasteiger partial charge in [-0.2, -0.15) is 0 Å². The van der Waals surface area contributed by atoms with Crippen molar-refractivity contribution in [2.24, 2.45) is 0 Å². The average molecular weight is 451 g/mol. The molecule has 0 saturated heterocycles. The highest BCUT2D eigenvalue weighted by Crippen LogP contribution is 2.28. The van der Waals surface area contributed by atoms with E-state index in [1.54, 1.807) is 35.7 Å². The lowest BCUT2D eigenvalue weighted by Gasteiger charge is -2.21. The SMILES string of the molecule is CCC[C@H](Nc1nc(-c2cnc3ccc(F)cn23)ncc1C(=O)OCC)c1ccc(F)cc1. The van der Waals surface area contributed by atoms with Gasteiger partial charge in [0.15, 0.2) is 5.82 Å². The zero-order valence-electron chi connectivity index (χ0n) is 18.3. The Morgan fingerprint density at radius 2 is 1.82 bits per heavy atom. The van der Waals surface area contributed by atoms with Crippen LogP contribution in [0.3, 0.4) is 0 Å². The molecule has 0 aliphatic carbocycles. The first-order valence-corrected chi connectivity index (χ1v) is 10.7. The van der Waals surface area contributed by atoms with E-state index in [2.05, 4.69) is 20.3 Å². The Balaban J connectivity index is 1.78. The van der Waals surface area contributed by atoms with E-state index in [1.165, 1.54) is 30.6 Å². The Morgan fingerprint density at radius 3 is 2.55 bits per heavy atom. The minimum absolute atomic E-state index is 0.170. The molecule has 0 saturated carbocycles. The van der Waals surface area contributed by atoms with Gasteiger partial charge in [0.05, 0.1) is 18.8 Å². The van der Waals surface area contributed by atoms with Gasteiger partial charge in [-0.25, -0.2) is 28.5 Å². The fourth-order valence-electron chi connectivity index (χ4n) is 3.56. The number of aromatic nitrogens is 4. The normalized spacial score (nSPS) is 12.0. The molecule has 1 atom stereocenters. The van der Waals surface area contributed by atoms with Crippen LogP contribution in [0.5, 0.6) is 0 Å². The third-order valence-electron chi connectivity index (χ3n) is 5.14. The minimum atomic E-state index is -0.565. The van der Waals surface area contributed by atoms with Gasteiger partial charge >= 0.3 is 5.97 Å². The Kier molecular flexibility index (Phi) is 6.58. The van der Waals surface area contributed by atoms with E-state index in [9.17, 15) is 13.6 Å². The molecule has 1 N–H and O–H groups in total. The summed E-state index contributed by atoms with van der Waals surface area (Å²) < 4.78 is 34.0. The Labute approximate surface area is 189 Å². The van der Waals surface area contributed by atoms with Crippen molar-refractivity contribution in [1.29, 1.82) is 0 Å². The number of fused-ring (bicyclic) bond motifs is 1. The maximum absolute atomic E-state index is 13.8. The molecule has 3 aromatic heterocycles. The second-order valence-corrected chi connectivity index (χ2v) is 7.43. The molecule has 0 spiro atoms. The van der Waals surface area contributed by atoms with E-state index in [-0.39, 0.29) is 35.7 Å². The van der Waals surface area contributed by atoms with Crippen LogP contribution in [0.15, 0.2) is 55.0 Å². The highest BCUT2D eigenvalue weighted by Gasteiger charge is 2.21. The molecule has 3 heterocycles. The number of nitrogens with one attached hydrogen (secondary N) is 1. The number of nitrogens with zero attached hydrogens (tertiary/aromatic N) is 4. The van der Waals surface area contributed by atoms with E-state index in [1.807, 2.05) is 6.92 Å². The third-order valence-corrected chi connectivity index (χ3v) is 5.14. The number of imidazole rings is 1. The zero-order chi connectivity index (χ0) is 23.4. The number of esters is 1. The maximum atomic E-state index is 13.8. The van der Waals surface area contributed by atoms with Gasteiger partial charge in [0, 0.05) is 12.4 Å². The quantitative estimate of drug-likeness (QED) is 0.371. The predicted molar refractivity (Wildman–Crippen MR) is 120 cm³/mol. The number of anilines is 1. The molecule has 0 aliphatic heterocycles. The van der Waals surface area contributed by atoms with Gasteiger partial charge in [0.25, 0.3) is 0 Å². The van der Waals surface area contributed by atoms with Crippen molar-refractivity contribution in [3.05, 3.63) is 77.8 Å². The molecular formula is C24H23F2N5O2. The van der Waals surface area contributed by atoms with Crippen LogP contribution < -0.4 is 5.32 Å². The molecule has 9 heteroatoms. The number of carbonyl (C=O) groups is 1. The summed E-state index contributed by atoms with van der Waals surface area (Å²) in [5, 5.41) is 3.31. The fraction of sp³-hybridized carbons (Fsp3) is 0.250. The molecule has 0 fully saturated rings. The highest BCUT2D eigenvalue weighted by molar-refractivity contribution is 5.94. The molecule has 4 rings (SSSR count). The third kappa shape index (κ3) is 4.82. The molecular weight excluding hydrogens is 428 g/mol. The molecule has 4 aromatic rings.